The molecule has 0 aliphatic carbocycles. The van der Waals surface area contributed by atoms with Crippen molar-refractivity contribution in [1.82, 2.24) is 4.90 Å². The number of hydrogen-bond acceptors (Lipinski definition) is 4. The number of aryl methyl sites for hydroxylation is 1. The zero-order valence-electron chi connectivity index (χ0n) is 17.8. The van der Waals surface area contributed by atoms with Crippen LogP contribution in [0.3, 0.4) is 0 Å². The molecule has 30 heavy (non-hydrogen) atoms. The van der Waals surface area contributed by atoms with Crippen LogP contribution in [0.1, 0.15) is 29.2 Å². The maximum Gasteiger partial charge on any atom is 0.231 e. The van der Waals surface area contributed by atoms with E-state index in [1.807, 2.05) is 13.0 Å². The van der Waals surface area contributed by atoms with Crippen LogP contribution in [0.4, 0.5) is 0 Å². The summed E-state index contributed by atoms with van der Waals surface area (Å²) in [5, 5.41) is 0. The molecular weight excluding hydrogens is 374 g/mol. The third kappa shape index (κ3) is 5.33. The van der Waals surface area contributed by atoms with E-state index in [9.17, 15) is 0 Å². The van der Waals surface area contributed by atoms with Crippen LogP contribution in [0.2, 0.25) is 0 Å². The Balaban J connectivity index is 1.46. The minimum absolute atomic E-state index is 0.315. The summed E-state index contributed by atoms with van der Waals surface area (Å²) in [4.78, 5) is 2.50. The molecule has 1 aliphatic rings. The van der Waals surface area contributed by atoms with Crippen molar-refractivity contribution >= 4 is 0 Å². The minimum Gasteiger partial charge on any atom is -0.494 e. The van der Waals surface area contributed by atoms with Crippen molar-refractivity contribution < 1.29 is 14.2 Å². The number of rotatable bonds is 9. The molecule has 0 atom stereocenters. The van der Waals surface area contributed by atoms with Crippen LogP contribution in [-0.4, -0.2) is 24.8 Å². The maximum atomic E-state index is 5.58. The molecule has 0 bridgehead atoms. The number of benzene rings is 3. The summed E-state index contributed by atoms with van der Waals surface area (Å²) in [6.45, 7) is 7.93. The van der Waals surface area contributed by atoms with E-state index in [4.69, 9.17) is 14.2 Å². The topological polar surface area (TPSA) is 30.9 Å². The number of fused-ring (bicyclic) bond motifs is 1. The molecule has 1 aliphatic heterocycles. The van der Waals surface area contributed by atoms with E-state index >= 15 is 0 Å². The molecule has 4 heteroatoms. The highest BCUT2D eigenvalue weighted by molar-refractivity contribution is 5.44. The van der Waals surface area contributed by atoms with Crippen LogP contribution in [0, 0.1) is 6.92 Å². The Morgan fingerprint density at radius 3 is 2.40 bits per heavy atom. The minimum atomic E-state index is 0.315. The first-order valence-corrected chi connectivity index (χ1v) is 10.6. The fourth-order valence-electron chi connectivity index (χ4n) is 3.78. The summed E-state index contributed by atoms with van der Waals surface area (Å²) < 4.78 is 16.5. The molecule has 0 N–H and O–H groups in total. The zero-order valence-corrected chi connectivity index (χ0v) is 17.8. The Kier molecular flexibility index (Phi) is 6.55. The first-order chi connectivity index (χ1) is 14.7. The molecule has 0 saturated heterocycles. The quantitative estimate of drug-likeness (QED) is 0.481. The summed E-state index contributed by atoms with van der Waals surface area (Å²) in [7, 11) is 0. The van der Waals surface area contributed by atoms with Crippen molar-refractivity contribution in [2.75, 3.05) is 19.9 Å². The van der Waals surface area contributed by atoms with Crippen LogP contribution in [0.25, 0.3) is 0 Å². The van der Waals surface area contributed by atoms with Crippen molar-refractivity contribution in [3.8, 4) is 17.2 Å². The van der Waals surface area contributed by atoms with Gasteiger partial charge in [-0.15, -0.1) is 0 Å². The van der Waals surface area contributed by atoms with E-state index in [1.54, 1.807) is 0 Å². The van der Waals surface area contributed by atoms with E-state index in [1.165, 1.54) is 22.3 Å². The molecule has 0 radical (unpaired) electrons. The molecule has 0 fully saturated rings. The first kappa shape index (κ1) is 20.3. The fraction of sp³-hybridized carbons (Fsp3) is 0.308. The molecule has 0 saturated carbocycles. The second-order valence-corrected chi connectivity index (χ2v) is 7.71. The summed E-state index contributed by atoms with van der Waals surface area (Å²) >= 11 is 0. The van der Waals surface area contributed by atoms with Crippen LogP contribution < -0.4 is 14.2 Å². The van der Waals surface area contributed by atoms with Crippen molar-refractivity contribution in [2.45, 2.75) is 33.4 Å². The van der Waals surface area contributed by atoms with Gasteiger partial charge in [0.15, 0.2) is 11.5 Å². The third-order valence-corrected chi connectivity index (χ3v) is 5.28. The Bertz CT molecular complexity index is 968. The van der Waals surface area contributed by atoms with E-state index < -0.39 is 0 Å². The van der Waals surface area contributed by atoms with Crippen molar-refractivity contribution in [1.29, 1.82) is 0 Å². The van der Waals surface area contributed by atoms with Crippen molar-refractivity contribution in [3.63, 3.8) is 0 Å². The monoisotopic (exact) mass is 403 g/mol. The number of hydrogen-bond donors (Lipinski definition) is 0. The molecule has 3 aromatic carbocycles. The van der Waals surface area contributed by atoms with Gasteiger partial charge in [-0.25, -0.2) is 0 Å². The Morgan fingerprint density at radius 2 is 1.60 bits per heavy atom. The van der Waals surface area contributed by atoms with Gasteiger partial charge in [0.2, 0.25) is 6.79 Å². The molecule has 156 valence electrons. The molecular formula is C26H29NO3. The van der Waals surface area contributed by atoms with Crippen molar-refractivity contribution in [3.05, 3.63) is 89.0 Å². The Morgan fingerprint density at radius 1 is 0.833 bits per heavy atom. The van der Waals surface area contributed by atoms with Gasteiger partial charge in [0.25, 0.3) is 0 Å². The van der Waals surface area contributed by atoms with Gasteiger partial charge in [-0.3, -0.25) is 4.90 Å². The van der Waals surface area contributed by atoms with Gasteiger partial charge >= 0.3 is 0 Å². The van der Waals surface area contributed by atoms with E-state index in [2.05, 4.69) is 72.5 Å². The first-order valence-electron chi connectivity index (χ1n) is 10.6. The van der Waals surface area contributed by atoms with E-state index in [0.717, 1.165) is 43.3 Å². The molecule has 0 unspecified atom stereocenters. The van der Waals surface area contributed by atoms with Crippen LogP contribution in [0.15, 0.2) is 66.7 Å². The highest BCUT2D eigenvalue weighted by Gasteiger charge is 2.14. The standard InChI is InChI=1S/C26H29NO3/c1-3-28-24-10-7-22(8-11-24)17-27(18-23-6-4-5-20(2)15-23)14-13-21-9-12-25-26(16-21)30-19-29-25/h4-12,15-16H,3,13-14,17-19H2,1-2H3. The summed E-state index contributed by atoms with van der Waals surface area (Å²) in [5.74, 6) is 2.61. The lowest BCUT2D eigenvalue weighted by molar-refractivity contribution is 0.174. The maximum absolute atomic E-state index is 5.58. The van der Waals surface area contributed by atoms with Gasteiger partial charge < -0.3 is 14.2 Å². The normalized spacial score (nSPS) is 12.4. The predicted octanol–water partition coefficient (Wildman–Crippen LogP) is 5.37. The third-order valence-electron chi connectivity index (χ3n) is 5.28. The van der Waals surface area contributed by atoms with Gasteiger partial charge in [-0.05, 0) is 61.2 Å². The zero-order chi connectivity index (χ0) is 20.8. The van der Waals surface area contributed by atoms with Crippen LogP contribution in [-0.2, 0) is 19.5 Å². The summed E-state index contributed by atoms with van der Waals surface area (Å²) in [6.07, 6.45) is 0.958. The highest BCUT2D eigenvalue weighted by atomic mass is 16.7. The van der Waals surface area contributed by atoms with Gasteiger partial charge in [-0.1, -0.05) is 48.0 Å². The second-order valence-electron chi connectivity index (χ2n) is 7.71. The Hall–Kier alpha value is -2.98. The van der Waals surface area contributed by atoms with Crippen LogP contribution in [0.5, 0.6) is 17.2 Å². The van der Waals surface area contributed by atoms with Gasteiger partial charge in [-0.2, -0.15) is 0 Å². The predicted molar refractivity (Wildman–Crippen MR) is 119 cm³/mol. The molecule has 0 aromatic heterocycles. The van der Waals surface area contributed by atoms with E-state index in [0.29, 0.717) is 13.4 Å². The lowest BCUT2D eigenvalue weighted by atomic mass is 10.1. The van der Waals surface area contributed by atoms with Gasteiger partial charge in [0.05, 0.1) is 6.61 Å². The fourth-order valence-corrected chi connectivity index (χ4v) is 3.78. The second kappa shape index (κ2) is 9.68. The average Bonchev–Trinajstić information content (AvgIpc) is 3.21. The molecule has 4 nitrogen and oxygen atoms in total. The van der Waals surface area contributed by atoms with Crippen molar-refractivity contribution in [2.24, 2.45) is 0 Å². The molecule has 4 rings (SSSR count). The van der Waals surface area contributed by atoms with Crippen LogP contribution >= 0.6 is 0 Å². The van der Waals surface area contributed by atoms with E-state index in [-0.39, 0.29) is 0 Å². The molecule has 1 heterocycles. The number of nitrogens with zero attached hydrogens (tertiary/aromatic N) is 1. The average molecular weight is 404 g/mol. The van der Waals surface area contributed by atoms with Gasteiger partial charge in [0.1, 0.15) is 5.75 Å². The molecule has 0 amide bonds. The summed E-state index contributed by atoms with van der Waals surface area (Å²) in [6, 6.07) is 23.4. The molecule has 0 spiro atoms. The molecule has 3 aromatic rings. The SMILES string of the molecule is CCOc1ccc(CN(CCc2ccc3c(c2)OCO3)Cc2cccc(C)c2)cc1. The lowest BCUT2D eigenvalue weighted by Crippen LogP contribution is -2.25. The number of ether oxygens (including phenoxy) is 3. The van der Waals surface area contributed by atoms with Gasteiger partial charge in [0, 0.05) is 19.6 Å². The highest BCUT2D eigenvalue weighted by Crippen LogP contribution is 2.32. The smallest absolute Gasteiger partial charge is 0.231 e. The lowest BCUT2D eigenvalue weighted by Gasteiger charge is -2.23. The largest absolute Gasteiger partial charge is 0.494 e. The Labute approximate surface area is 179 Å². The summed E-state index contributed by atoms with van der Waals surface area (Å²) in [5.41, 5.74) is 5.19.